The minimum absolute atomic E-state index is 0.142. The van der Waals surface area contributed by atoms with Crippen LogP contribution in [0.25, 0.3) is 0 Å². The molecule has 0 fully saturated rings. The number of anilines is 1. The number of carboxylic acid groups (broad SMARTS) is 1. The second-order valence-corrected chi connectivity index (χ2v) is 4.32. The summed E-state index contributed by atoms with van der Waals surface area (Å²) in [5, 5.41) is 8.71. The van der Waals surface area contributed by atoms with E-state index in [0.29, 0.717) is 6.07 Å². The molecule has 1 N–H and O–H groups in total. The van der Waals surface area contributed by atoms with Crippen molar-refractivity contribution in [3.8, 4) is 0 Å². The largest absolute Gasteiger partial charge is 0.478 e. The Morgan fingerprint density at radius 1 is 1.19 bits per heavy atom. The van der Waals surface area contributed by atoms with E-state index in [0.717, 1.165) is 17.0 Å². The minimum atomic E-state index is -4.91. The highest BCUT2D eigenvalue weighted by Gasteiger charge is 2.36. The molecule has 1 aromatic rings. The SMILES string of the molecule is CN(CCC(F)(F)F)c1ccc(C(=O)O)c(C(F)(F)F)c1. The molecule has 118 valence electrons. The molecule has 0 aromatic heterocycles. The molecule has 0 unspecified atom stereocenters. The molecule has 3 nitrogen and oxygen atoms in total. The monoisotopic (exact) mass is 315 g/mol. The first-order valence-corrected chi connectivity index (χ1v) is 5.64. The Kier molecular flexibility index (Phi) is 4.75. The second-order valence-electron chi connectivity index (χ2n) is 4.32. The number of carboxylic acids is 1. The molecule has 0 radical (unpaired) electrons. The molecule has 1 aromatic carbocycles. The molecule has 0 saturated heterocycles. The Morgan fingerprint density at radius 3 is 2.19 bits per heavy atom. The van der Waals surface area contributed by atoms with E-state index >= 15 is 0 Å². The Bertz CT molecular complexity index is 523. The predicted molar refractivity (Wildman–Crippen MR) is 62.3 cm³/mol. The number of carbonyl (C=O) groups is 1. The van der Waals surface area contributed by atoms with Crippen molar-refractivity contribution in [2.24, 2.45) is 0 Å². The zero-order valence-electron chi connectivity index (χ0n) is 10.7. The maximum absolute atomic E-state index is 12.8. The number of hydrogen-bond donors (Lipinski definition) is 1. The van der Waals surface area contributed by atoms with E-state index in [-0.39, 0.29) is 5.69 Å². The van der Waals surface area contributed by atoms with Crippen LogP contribution < -0.4 is 4.90 Å². The molecule has 9 heteroatoms. The lowest BCUT2D eigenvalue weighted by atomic mass is 10.1. The predicted octanol–water partition coefficient (Wildman–Crippen LogP) is 3.79. The molecule has 0 bridgehead atoms. The summed E-state index contributed by atoms with van der Waals surface area (Å²) >= 11 is 0. The van der Waals surface area contributed by atoms with Crippen molar-refractivity contribution in [2.45, 2.75) is 18.8 Å². The summed E-state index contributed by atoms with van der Waals surface area (Å²) in [6.45, 7) is -0.535. The standard InChI is InChI=1S/C12H11F6NO2/c1-19(5-4-11(13,14)15)7-2-3-8(10(20)21)9(6-7)12(16,17)18/h2-3,6H,4-5H2,1H3,(H,20,21). The number of nitrogens with zero attached hydrogens (tertiary/aromatic N) is 1. The summed E-state index contributed by atoms with van der Waals surface area (Å²) in [6.07, 6.45) is -10.5. The van der Waals surface area contributed by atoms with E-state index in [1.54, 1.807) is 0 Å². The molecule has 0 atom stereocenters. The first kappa shape index (κ1) is 17.1. The van der Waals surface area contributed by atoms with Crippen LogP contribution in [0.3, 0.4) is 0 Å². The fraction of sp³-hybridized carbons (Fsp3) is 0.417. The lowest BCUT2D eigenvalue weighted by molar-refractivity contribution is -0.138. The third kappa shape index (κ3) is 4.83. The fourth-order valence-electron chi connectivity index (χ4n) is 1.61. The van der Waals surface area contributed by atoms with E-state index in [9.17, 15) is 31.1 Å². The third-order valence-corrected chi connectivity index (χ3v) is 2.71. The first-order chi connectivity index (χ1) is 9.42. The highest BCUT2D eigenvalue weighted by atomic mass is 19.4. The van der Waals surface area contributed by atoms with Gasteiger partial charge < -0.3 is 10.0 Å². The molecule has 0 amide bonds. The van der Waals surface area contributed by atoms with Gasteiger partial charge in [0.15, 0.2) is 0 Å². The van der Waals surface area contributed by atoms with Crippen molar-refractivity contribution in [3.63, 3.8) is 0 Å². The van der Waals surface area contributed by atoms with Crippen LogP contribution >= 0.6 is 0 Å². The van der Waals surface area contributed by atoms with Gasteiger partial charge in [-0.3, -0.25) is 0 Å². The van der Waals surface area contributed by atoms with Gasteiger partial charge in [0.2, 0.25) is 0 Å². The molecule has 0 saturated carbocycles. The molecule has 0 heterocycles. The Labute approximate surface area is 115 Å². The maximum Gasteiger partial charge on any atom is 0.417 e. The van der Waals surface area contributed by atoms with Gasteiger partial charge in [0.1, 0.15) is 0 Å². The zero-order valence-corrected chi connectivity index (χ0v) is 10.7. The van der Waals surface area contributed by atoms with E-state index in [1.165, 1.54) is 7.05 Å². The summed E-state index contributed by atoms with van der Waals surface area (Å²) in [5.41, 5.74) is -2.49. The van der Waals surface area contributed by atoms with Crippen LogP contribution in [0.4, 0.5) is 32.0 Å². The number of alkyl halides is 6. The van der Waals surface area contributed by atoms with E-state index in [2.05, 4.69) is 0 Å². The number of rotatable bonds is 4. The molecular weight excluding hydrogens is 304 g/mol. The minimum Gasteiger partial charge on any atom is -0.478 e. The summed E-state index contributed by atoms with van der Waals surface area (Å²) in [4.78, 5) is 11.7. The zero-order chi connectivity index (χ0) is 16.4. The van der Waals surface area contributed by atoms with Gasteiger partial charge in [0.05, 0.1) is 17.5 Å². The maximum atomic E-state index is 12.8. The van der Waals surface area contributed by atoms with Crippen LogP contribution in [0.5, 0.6) is 0 Å². The highest BCUT2D eigenvalue weighted by molar-refractivity contribution is 5.90. The Hall–Kier alpha value is -1.93. The van der Waals surface area contributed by atoms with E-state index in [4.69, 9.17) is 5.11 Å². The van der Waals surface area contributed by atoms with Crippen molar-refractivity contribution < 1.29 is 36.2 Å². The summed E-state index contributed by atoms with van der Waals surface area (Å²) in [6, 6.07) is 2.29. The van der Waals surface area contributed by atoms with Crippen molar-refractivity contribution in [1.29, 1.82) is 0 Å². The lowest BCUT2D eigenvalue weighted by Crippen LogP contribution is -2.24. The number of halogens is 6. The highest BCUT2D eigenvalue weighted by Crippen LogP contribution is 2.34. The number of aromatic carboxylic acids is 1. The molecule has 0 aliphatic rings. The molecule has 0 aliphatic carbocycles. The normalized spacial score (nSPS) is 12.3. The van der Waals surface area contributed by atoms with Gasteiger partial charge in [-0.05, 0) is 18.2 Å². The van der Waals surface area contributed by atoms with Gasteiger partial charge in [-0.15, -0.1) is 0 Å². The van der Waals surface area contributed by atoms with Crippen molar-refractivity contribution >= 4 is 11.7 Å². The molecule has 0 spiro atoms. The van der Waals surface area contributed by atoms with E-state index in [1.807, 2.05) is 0 Å². The average Bonchev–Trinajstić information content (AvgIpc) is 2.33. The molecule has 21 heavy (non-hydrogen) atoms. The summed E-state index contributed by atoms with van der Waals surface area (Å²) in [7, 11) is 1.20. The summed E-state index contributed by atoms with van der Waals surface area (Å²) in [5.74, 6) is -1.76. The Morgan fingerprint density at radius 2 is 1.76 bits per heavy atom. The van der Waals surface area contributed by atoms with Gasteiger partial charge in [-0.2, -0.15) is 26.3 Å². The van der Waals surface area contributed by atoms with Gasteiger partial charge in [-0.1, -0.05) is 0 Å². The number of benzene rings is 1. The van der Waals surface area contributed by atoms with Crippen LogP contribution in [0.15, 0.2) is 18.2 Å². The van der Waals surface area contributed by atoms with Crippen LogP contribution in [-0.2, 0) is 6.18 Å². The smallest absolute Gasteiger partial charge is 0.417 e. The fourth-order valence-corrected chi connectivity index (χ4v) is 1.61. The molecule has 0 aliphatic heterocycles. The molecular formula is C12H11F6NO2. The van der Waals surface area contributed by atoms with Crippen molar-refractivity contribution in [1.82, 2.24) is 0 Å². The first-order valence-electron chi connectivity index (χ1n) is 5.64. The van der Waals surface area contributed by atoms with E-state index < -0.39 is 42.4 Å². The van der Waals surface area contributed by atoms with Crippen LogP contribution in [0.1, 0.15) is 22.3 Å². The number of hydrogen-bond acceptors (Lipinski definition) is 2. The second kappa shape index (κ2) is 5.82. The molecule has 1 rings (SSSR count). The quantitative estimate of drug-likeness (QED) is 0.859. The third-order valence-electron chi connectivity index (χ3n) is 2.71. The average molecular weight is 315 g/mol. The van der Waals surface area contributed by atoms with Crippen LogP contribution in [-0.4, -0.2) is 30.8 Å². The van der Waals surface area contributed by atoms with Gasteiger partial charge in [0, 0.05) is 19.3 Å². The van der Waals surface area contributed by atoms with Crippen molar-refractivity contribution in [3.05, 3.63) is 29.3 Å². The lowest BCUT2D eigenvalue weighted by Gasteiger charge is -2.22. The van der Waals surface area contributed by atoms with Gasteiger partial charge in [-0.25, -0.2) is 4.79 Å². The van der Waals surface area contributed by atoms with Crippen LogP contribution in [0, 0.1) is 0 Å². The van der Waals surface area contributed by atoms with Crippen LogP contribution in [0.2, 0.25) is 0 Å². The van der Waals surface area contributed by atoms with Gasteiger partial charge >= 0.3 is 18.3 Å². The van der Waals surface area contributed by atoms with Gasteiger partial charge in [0.25, 0.3) is 0 Å². The van der Waals surface area contributed by atoms with Crippen molar-refractivity contribution in [2.75, 3.05) is 18.5 Å². The topological polar surface area (TPSA) is 40.5 Å². The Balaban J connectivity index is 3.08. The summed E-state index contributed by atoms with van der Waals surface area (Å²) < 4.78 is 74.6.